The van der Waals surface area contributed by atoms with Gasteiger partial charge in [-0.3, -0.25) is 4.40 Å². The highest BCUT2D eigenvalue weighted by molar-refractivity contribution is 6.13. The van der Waals surface area contributed by atoms with E-state index in [1.54, 1.807) is 0 Å². The minimum Gasteiger partial charge on any atom is -0.309 e. The fourth-order valence-corrected chi connectivity index (χ4v) is 7.38. The third-order valence-corrected chi connectivity index (χ3v) is 9.63. The molecule has 0 N–H and O–H groups in total. The number of fused-ring (bicyclic) bond motifs is 9. The monoisotopic (exact) mass is 612 g/mol. The van der Waals surface area contributed by atoms with Crippen molar-refractivity contribution in [3.05, 3.63) is 170 Å². The molecule has 0 saturated carbocycles. The van der Waals surface area contributed by atoms with Crippen molar-refractivity contribution in [3.63, 3.8) is 0 Å². The van der Waals surface area contributed by atoms with Gasteiger partial charge in [0, 0.05) is 32.8 Å². The molecule has 0 amide bonds. The Morgan fingerprint density at radius 1 is 0.333 bits per heavy atom. The molecule has 4 heteroatoms. The highest BCUT2D eigenvalue weighted by atomic mass is 15.2. The van der Waals surface area contributed by atoms with Gasteiger partial charge in [0.1, 0.15) is 0 Å². The van der Waals surface area contributed by atoms with Crippen molar-refractivity contribution in [1.82, 2.24) is 19.2 Å². The van der Waals surface area contributed by atoms with Crippen LogP contribution in [-0.2, 0) is 0 Å². The molecule has 0 aliphatic carbocycles. The summed E-state index contributed by atoms with van der Waals surface area (Å²) in [6, 6.07) is 60.5. The summed E-state index contributed by atoms with van der Waals surface area (Å²) in [5.74, 6) is 0.827. The van der Waals surface area contributed by atoms with E-state index >= 15 is 0 Å². The van der Waals surface area contributed by atoms with E-state index < -0.39 is 0 Å². The van der Waals surface area contributed by atoms with E-state index in [0.717, 1.165) is 33.6 Å². The Labute approximate surface area is 276 Å². The largest absolute Gasteiger partial charge is 0.309 e. The highest BCUT2D eigenvalue weighted by Gasteiger charge is 2.17. The molecule has 0 aliphatic heterocycles. The van der Waals surface area contributed by atoms with Gasteiger partial charge in [0.25, 0.3) is 0 Å². The summed E-state index contributed by atoms with van der Waals surface area (Å²) in [5.41, 5.74) is 11.2. The molecular weight excluding hydrogens is 585 g/mol. The molecule has 0 saturated heterocycles. The van der Waals surface area contributed by atoms with Crippen LogP contribution < -0.4 is 0 Å². The first-order valence-corrected chi connectivity index (χ1v) is 16.3. The zero-order chi connectivity index (χ0) is 31.6. The number of rotatable bonds is 4. The number of hydrogen-bond donors (Lipinski definition) is 0. The Kier molecular flexibility index (Phi) is 5.84. The Morgan fingerprint density at radius 2 is 0.896 bits per heavy atom. The Bertz CT molecular complexity index is 2770. The maximum Gasteiger partial charge on any atom is 0.169 e. The highest BCUT2D eigenvalue weighted by Crippen LogP contribution is 2.37. The van der Waals surface area contributed by atoms with Crippen LogP contribution in [-0.4, -0.2) is 19.2 Å². The van der Waals surface area contributed by atoms with Crippen LogP contribution in [0.15, 0.2) is 170 Å². The normalized spacial score (nSPS) is 11.8. The van der Waals surface area contributed by atoms with E-state index in [1.165, 1.54) is 54.8 Å². The Hall–Kier alpha value is -6.52. The second kappa shape index (κ2) is 10.5. The fourth-order valence-electron chi connectivity index (χ4n) is 7.38. The first kappa shape index (κ1) is 26.7. The minimum atomic E-state index is 0.827. The van der Waals surface area contributed by atoms with Gasteiger partial charge in [0.05, 0.1) is 16.6 Å². The lowest BCUT2D eigenvalue weighted by molar-refractivity contribution is 1.11. The predicted octanol–water partition coefficient (Wildman–Crippen LogP) is 11.1. The lowest BCUT2D eigenvalue weighted by Gasteiger charge is -2.13. The third-order valence-electron chi connectivity index (χ3n) is 9.63. The number of nitrogens with zero attached hydrogens (tertiary/aromatic N) is 4. The molecule has 224 valence electrons. The van der Waals surface area contributed by atoms with E-state index in [9.17, 15) is 0 Å². The van der Waals surface area contributed by atoms with Gasteiger partial charge in [-0.15, -0.1) is 10.2 Å². The fraction of sp³-hybridized carbons (Fsp3) is 0. The first-order valence-electron chi connectivity index (χ1n) is 16.3. The van der Waals surface area contributed by atoms with Crippen LogP contribution in [0.2, 0.25) is 0 Å². The quantitative estimate of drug-likeness (QED) is 0.185. The zero-order valence-electron chi connectivity index (χ0n) is 26.0. The molecule has 0 spiro atoms. The van der Waals surface area contributed by atoms with E-state index in [2.05, 4.69) is 179 Å². The lowest BCUT2D eigenvalue weighted by Crippen LogP contribution is -1.96. The number of benzene rings is 7. The summed E-state index contributed by atoms with van der Waals surface area (Å²) in [5, 5.41) is 15.5. The second-order valence-corrected chi connectivity index (χ2v) is 12.3. The van der Waals surface area contributed by atoms with Crippen LogP contribution in [0, 0.1) is 0 Å². The van der Waals surface area contributed by atoms with Crippen LogP contribution in [0.4, 0.5) is 0 Å². The van der Waals surface area contributed by atoms with Crippen molar-refractivity contribution in [3.8, 4) is 39.3 Å². The van der Waals surface area contributed by atoms with Crippen LogP contribution in [0.1, 0.15) is 0 Å². The van der Waals surface area contributed by atoms with E-state index in [0.29, 0.717) is 0 Å². The molecule has 0 radical (unpaired) electrons. The van der Waals surface area contributed by atoms with Gasteiger partial charge in [-0.1, -0.05) is 115 Å². The molecule has 7 aromatic carbocycles. The average Bonchev–Trinajstić information content (AvgIpc) is 3.76. The van der Waals surface area contributed by atoms with Crippen LogP contribution in [0.25, 0.3) is 88.5 Å². The summed E-state index contributed by atoms with van der Waals surface area (Å²) >= 11 is 0. The number of hydrogen-bond acceptors (Lipinski definition) is 2. The molecule has 0 bridgehead atoms. The predicted molar refractivity (Wildman–Crippen MR) is 199 cm³/mol. The SMILES string of the molecule is c1ccc(-c2cccc(-c3ccc4c(c3)c3ccccc3c3nnc(-c5ccc(-n6c7ccccc7c7ccccc76)cc5)n43)c2)cc1. The topological polar surface area (TPSA) is 35.1 Å². The van der Waals surface area contributed by atoms with Gasteiger partial charge in [-0.2, -0.15) is 0 Å². The molecule has 3 aromatic heterocycles. The lowest BCUT2D eigenvalue weighted by atomic mass is 9.96. The average molecular weight is 613 g/mol. The molecule has 10 aromatic rings. The van der Waals surface area contributed by atoms with Crippen molar-refractivity contribution in [2.45, 2.75) is 0 Å². The summed E-state index contributed by atoms with van der Waals surface area (Å²) < 4.78 is 4.56. The van der Waals surface area contributed by atoms with Gasteiger partial charge in [-0.25, -0.2) is 0 Å². The third kappa shape index (κ3) is 4.03. The van der Waals surface area contributed by atoms with Crippen LogP contribution in [0.5, 0.6) is 0 Å². The van der Waals surface area contributed by atoms with Gasteiger partial charge >= 0.3 is 0 Å². The van der Waals surface area contributed by atoms with Crippen molar-refractivity contribution < 1.29 is 0 Å². The first-order chi connectivity index (χ1) is 23.8. The zero-order valence-corrected chi connectivity index (χ0v) is 26.0. The van der Waals surface area contributed by atoms with Crippen LogP contribution >= 0.6 is 0 Å². The van der Waals surface area contributed by atoms with E-state index in [-0.39, 0.29) is 0 Å². The smallest absolute Gasteiger partial charge is 0.169 e. The van der Waals surface area contributed by atoms with Crippen molar-refractivity contribution >= 4 is 49.1 Å². The molecule has 10 rings (SSSR count). The minimum absolute atomic E-state index is 0.827. The number of para-hydroxylation sites is 2. The van der Waals surface area contributed by atoms with Gasteiger partial charge in [0.2, 0.25) is 0 Å². The number of aromatic nitrogens is 4. The molecule has 0 fully saturated rings. The van der Waals surface area contributed by atoms with Gasteiger partial charge in [0.15, 0.2) is 11.5 Å². The molecular formula is C44H28N4. The summed E-state index contributed by atoms with van der Waals surface area (Å²) in [4.78, 5) is 0. The van der Waals surface area contributed by atoms with Crippen molar-refractivity contribution in [2.75, 3.05) is 0 Å². The number of pyridine rings is 1. The van der Waals surface area contributed by atoms with Crippen molar-refractivity contribution in [2.24, 2.45) is 0 Å². The molecule has 0 atom stereocenters. The molecule has 3 heterocycles. The maximum atomic E-state index is 4.79. The van der Waals surface area contributed by atoms with Gasteiger partial charge in [-0.05, 0) is 82.2 Å². The summed E-state index contributed by atoms with van der Waals surface area (Å²) in [6.45, 7) is 0. The van der Waals surface area contributed by atoms with Gasteiger partial charge < -0.3 is 4.57 Å². The van der Waals surface area contributed by atoms with E-state index in [1.807, 2.05) is 0 Å². The summed E-state index contributed by atoms with van der Waals surface area (Å²) in [6.07, 6.45) is 0. The van der Waals surface area contributed by atoms with E-state index in [4.69, 9.17) is 10.2 Å². The maximum absolute atomic E-state index is 4.79. The molecule has 4 nitrogen and oxygen atoms in total. The van der Waals surface area contributed by atoms with Crippen molar-refractivity contribution in [1.29, 1.82) is 0 Å². The van der Waals surface area contributed by atoms with Crippen LogP contribution in [0.3, 0.4) is 0 Å². The molecule has 0 aliphatic rings. The second-order valence-electron chi connectivity index (χ2n) is 12.3. The standard InChI is InChI=1S/C44H28N4/c1-2-11-29(12-3-1)31-13-10-14-32(27-31)33-23-26-42-39(28-33)35-15-4-5-18-38(35)44-46-45-43(48(42)44)30-21-24-34(25-22-30)47-40-19-8-6-16-36(40)37-17-7-9-20-41(37)47/h1-28H. The molecule has 48 heavy (non-hydrogen) atoms. The Balaban J connectivity index is 1.14. The summed E-state index contributed by atoms with van der Waals surface area (Å²) in [7, 11) is 0. The Morgan fingerprint density at radius 3 is 1.62 bits per heavy atom. The molecule has 0 unspecified atom stereocenters.